The third-order valence-electron chi connectivity index (χ3n) is 5.57. The summed E-state index contributed by atoms with van der Waals surface area (Å²) in [7, 11) is 4.18. The van der Waals surface area contributed by atoms with Crippen LogP contribution in [0.1, 0.15) is 28.4 Å². The number of nitrogens with one attached hydrogen (secondary N) is 2. The summed E-state index contributed by atoms with van der Waals surface area (Å²) in [6, 6.07) is 8.19. The van der Waals surface area contributed by atoms with Crippen LogP contribution in [0.25, 0.3) is 0 Å². The van der Waals surface area contributed by atoms with Gasteiger partial charge in [-0.3, -0.25) is 10.1 Å². The molecule has 0 radical (unpaired) electrons. The summed E-state index contributed by atoms with van der Waals surface area (Å²) in [6.45, 7) is 1.23. The first-order chi connectivity index (χ1) is 12.1. The van der Waals surface area contributed by atoms with Gasteiger partial charge in [0, 0.05) is 30.4 Å². The second kappa shape index (κ2) is 6.20. The Morgan fingerprint density at radius 2 is 2.04 bits per heavy atom. The number of aromatic nitrogens is 2. The van der Waals surface area contributed by atoms with Crippen molar-refractivity contribution in [3.05, 3.63) is 59.2 Å². The lowest BCUT2D eigenvalue weighted by Gasteiger charge is -2.37. The predicted octanol–water partition coefficient (Wildman–Crippen LogP) is 0.836. The molecule has 1 aliphatic carbocycles. The molecule has 0 bridgehead atoms. The van der Waals surface area contributed by atoms with Crippen molar-refractivity contribution < 1.29 is 4.79 Å². The molecule has 2 N–H and O–H groups in total. The molecule has 6 heteroatoms. The van der Waals surface area contributed by atoms with Crippen molar-refractivity contribution in [3.8, 4) is 0 Å². The molecule has 1 aromatic heterocycles. The maximum absolute atomic E-state index is 12.8. The largest absolute Gasteiger partial charge is 0.353 e. The maximum Gasteiger partial charge on any atom is 0.241 e. The van der Waals surface area contributed by atoms with Gasteiger partial charge in [0.1, 0.15) is 12.4 Å². The van der Waals surface area contributed by atoms with Gasteiger partial charge in [-0.05, 0) is 38.1 Å². The van der Waals surface area contributed by atoms with Crippen LogP contribution in [-0.4, -0.2) is 47.0 Å². The van der Waals surface area contributed by atoms with E-state index in [-0.39, 0.29) is 17.5 Å². The highest BCUT2D eigenvalue weighted by Crippen LogP contribution is 2.33. The molecule has 1 aromatic carbocycles. The van der Waals surface area contributed by atoms with Gasteiger partial charge in [0.2, 0.25) is 5.91 Å². The smallest absolute Gasteiger partial charge is 0.241 e. The monoisotopic (exact) mass is 337 g/mol. The van der Waals surface area contributed by atoms with Gasteiger partial charge in [-0.15, -0.1) is 0 Å². The summed E-state index contributed by atoms with van der Waals surface area (Å²) in [4.78, 5) is 23.3. The van der Waals surface area contributed by atoms with Crippen LogP contribution < -0.4 is 10.6 Å². The first-order valence-corrected chi connectivity index (χ1v) is 8.63. The molecule has 2 aliphatic rings. The molecule has 1 amide bonds. The lowest BCUT2D eigenvalue weighted by molar-refractivity contribution is -0.123. The van der Waals surface area contributed by atoms with E-state index >= 15 is 0 Å². The minimum Gasteiger partial charge on any atom is -0.353 e. The van der Waals surface area contributed by atoms with Gasteiger partial charge >= 0.3 is 0 Å². The molecule has 0 saturated carbocycles. The van der Waals surface area contributed by atoms with Crippen molar-refractivity contribution in [1.82, 2.24) is 25.5 Å². The van der Waals surface area contributed by atoms with Crippen LogP contribution in [0.15, 0.2) is 36.8 Å². The zero-order chi connectivity index (χ0) is 17.4. The van der Waals surface area contributed by atoms with Gasteiger partial charge < -0.3 is 10.2 Å². The second-order valence-corrected chi connectivity index (χ2v) is 7.20. The molecule has 4 rings (SSSR count). The Labute approximate surface area is 147 Å². The van der Waals surface area contributed by atoms with E-state index in [0.717, 1.165) is 24.1 Å². The van der Waals surface area contributed by atoms with E-state index in [1.165, 1.54) is 17.5 Å². The molecular formula is C19H23N5O. The van der Waals surface area contributed by atoms with Gasteiger partial charge in [0.25, 0.3) is 0 Å². The molecule has 25 heavy (non-hydrogen) atoms. The summed E-state index contributed by atoms with van der Waals surface area (Å²) < 4.78 is 0. The van der Waals surface area contributed by atoms with Crippen molar-refractivity contribution >= 4 is 5.91 Å². The second-order valence-electron chi connectivity index (χ2n) is 7.20. The van der Waals surface area contributed by atoms with Crippen LogP contribution in [0.2, 0.25) is 0 Å². The first-order valence-electron chi connectivity index (χ1n) is 8.63. The number of carbonyl (C=O) groups is 1. The molecule has 2 aromatic rings. The van der Waals surface area contributed by atoms with Crippen molar-refractivity contribution in [1.29, 1.82) is 0 Å². The van der Waals surface area contributed by atoms with Crippen molar-refractivity contribution in [2.75, 3.05) is 20.6 Å². The SMILES string of the molecule is CN(C)C1(CNC(=O)C2NCc3ncncc32)Cc2ccccc2C1. The summed E-state index contributed by atoms with van der Waals surface area (Å²) in [5, 5.41) is 6.39. The average molecular weight is 337 g/mol. The Balaban J connectivity index is 1.48. The topological polar surface area (TPSA) is 70.2 Å². The van der Waals surface area contributed by atoms with Crippen LogP contribution in [0, 0.1) is 0 Å². The number of hydrogen-bond acceptors (Lipinski definition) is 5. The molecule has 1 unspecified atom stereocenters. The Bertz CT molecular complexity index is 779. The number of benzene rings is 1. The molecule has 0 fully saturated rings. The van der Waals surface area contributed by atoms with E-state index in [9.17, 15) is 4.79 Å². The standard InChI is InChI=1S/C19H23N5O/c1-24(2)19(7-13-5-3-4-6-14(13)8-19)11-22-18(25)17-15-9-20-12-23-16(15)10-21-17/h3-6,9,12,17,21H,7-8,10-11H2,1-2H3,(H,22,25). The Kier molecular flexibility index (Phi) is 4.01. The van der Waals surface area contributed by atoms with E-state index in [0.29, 0.717) is 13.1 Å². The highest BCUT2D eigenvalue weighted by Gasteiger charge is 2.40. The molecule has 1 atom stereocenters. The lowest BCUT2D eigenvalue weighted by Crippen LogP contribution is -2.54. The minimum atomic E-state index is -0.362. The number of fused-ring (bicyclic) bond motifs is 2. The number of carbonyl (C=O) groups excluding carboxylic acids is 1. The lowest BCUT2D eigenvalue weighted by atomic mass is 9.93. The molecule has 0 saturated heterocycles. The molecule has 1 aliphatic heterocycles. The first kappa shape index (κ1) is 16.2. The number of nitrogens with zero attached hydrogens (tertiary/aromatic N) is 3. The normalized spacial score (nSPS) is 20.4. The Morgan fingerprint density at radius 1 is 1.32 bits per heavy atom. The van der Waals surface area contributed by atoms with Crippen LogP contribution in [0.4, 0.5) is 0 Å². The minimum absolute atomic E-state index is 0.00858. The fourth-order valence-corrected chi connectivity index (χ4v) is 3.92. The fraction of sp³-hybridized carbons (Fsp3) is 0.421. The maximum atomic E-state index is 12.8. The number of likely N-dealkylation sites (N-methyl/N-ethyl adjacent to an activating group) is 1. The summed E-state index contributed by atoms with van der Waals surface area (Å²) in [5.41, 5.74) is 4.47. The van der Waals surface area contributed by atoms with Crippen LogP contribution >= 0.6 is 0 Å². The van der Waals surface area contributed by atoms with Crippen LogP contribution in [-0.2, 0) is 24.2 Å². The highest BCUT2D eigenvalue weighted by molar-refractivity contribution is 5.84. The van der Waals surface area contributed by atoms with E-state index < -0.39 is 0 Å². The van der Waals surface area contributed by atoms with Gasteiger partial charge in [-0.2, -0.15) is 0 Å². The van der Waals surface area contributed by atoms with E-state index in [1.54, 1.807) is 6.20 Å². The van der Waals surface area contributed by atoms with Gasteiger partial charge in [-0.25, -0.2) is 9.97 Å². The number of rotatable bonds is 4. The number of amides is 1. The summed E-state index contributed by atoms with van der Waals surface area (Å²) >= 11 is 0. The Morgan fingerprint density at radius 3 is 2.72 bits per heavy atom. The van der Waals surface area contributed by atoms with Gasteiger partial charge in [0.15, 0.2) is 0 Å². The molecule has 130 valence electrons. The van der Waals surface area contributed by atoms with E-state index in [4.69, 9.17) is 0 Å². The zero-order valence-electron chi connectivity index (χ0n) is 14.6. The van der Waals surface area contributed by atoms with Crippen molar-refractivity contribution in [2.45, 2.75) is 31.0 Å². The third kappa shape index (κ3) is 2.81. The quantitative estimate of drug-likeness (QED) is 0.865. The van der Waals surface area contributed by atoms with E-state index in [2.05, 4.69) is 63.9 Å². The summed E-state index contributed by atoms with van der Waals surface area (Å²) in [5.74, 6) is -0.00858. The Hall–Kier alpha value is -2.31. The van der Waals surface area contributed by atoms with Gasteiger partial charge in [0.05, 0.1) is 5.69 Å². The zero-order valence-corrected chi connectivity index (χ0v) is 14.6. The summed E-state index contributed by atoms with van der Waals surface area (Å²) in [6.07, 6.45) is 5.17. The third-order valence-corrected chi connectivity index (χ3v) is 5.57. The van der Waals surface area contributed by atoms with Crippen molar-refractivity contribution in [2.24, 2.45) is 0 Å². The molecule has 0 spiro atoms. The van der Waals surface area contributed by atoms with E-state index in [1.807, 2.05) is 0 Å². The van der Waals surface area contributed by atoms with Gasteiger partial charge in [-0.1, -0.05) is 24.3 Å². The molecule has 6 nitrogen and oxygen atoms in total. The number of hydrogen-bond donors (Lipinski definition) is 2. The van der Waals surface area contributed by atoms with Crippen LogP contribution in [0.3, 0.4) is 0 Å². The predicted molar refractivity (Wildman–Crippen MR) is 94.9 cm³/mol. The van der Waals surface area contributed by atoms with Crippen LogP contribution in [0.5, 0.6) is 0 Å². The molecule has 2 heterocycles. The average Bonchev–Trinajstić information content (AvgIpc) is 3.21. The fourth-order valence-electron chi connectivity index (χ4n) is 3.92. The highest BCUT2D eigenvalue weighted by atomic mass is 16.2. The van der Waals surface area contributed by atoms with Crippen molar-refractivity contribution in [3.63, 3.8) is 0 Å². The molecular weight excluding hydrogens is 314 g/mol.